The molecule has 3 nitrogen and oxygen atoms in total. The van der Waals surface area contributed by atoms with E-state index in [1.165, 1.54) is 0 Å². The van der Waals surface area contributed by atoms with Crippen molar-refractivity contribution in [3.63, 3.8) is 0 Å². The Labute approximate surface area is 42.3 Å². The lowest BCUT2D eigenvalue weighted by Crippen LogP contribution is -2.25. The summed E-state index contributed by atoms with van der Waals surface area (Å²) in [6.45, 7) is 1.07. The number of hydrogen-bond donors (Lipinski definition) is 1. The van der Waals surface area contributed by atoms with Gasteiger partial charge in [-0.3, -0.25) is 4.79 Å². The van der Waals surface area contributed by atoms with E-state index < -0.39 is 0 Å². The van der Waals surface area contributed by atoms with Crippen LogP contribution in [0.25, 0.3) is 0 Å². The summed E-state index contributed by atoms with van der Waals surface area (Å²) >= 11 is 0. The lowest BCUT2D eigenvalue weighted by molar-refractivity contribution is -0.115. The molecule has 1 rings (SSSR count). The van der Waals surface area contributed by atoms with Gasteiger partial charge in [0.1, 0.15) is 0 Å². The van der Waals surface area contributed by atoms with E-state index in [9.17, 15) is 4.79 Å². The van der Waals surface area contributed by atoms with E-state index in [1.807, 2.05) is 7.05 Å². The Balaban J connectivity index is 2.40. The molecule has 0 unspecified atom stereocenters. The first-order valence-corrected chi connectivity index (χ1v) is 2.25. The standard InChI is InChI=1S/C4H8N2O/c1-6-3-4(7)2-5-6/h5H,2-3H2,1H3. The van der Waals surface area contributed by atoms with Gasteiger partial charge in [0, 0.05) is 7.05 Å². The molecular formula is C4H8N2O. The minimum atomic E-state index is 0.266. The van der Waals surface area contributed by atoms with Crippen molar-refractivity contribution in [1.29, 1.82) is 0 Å². The molecule has 1 heterocycles. The van der Waals surface area contributed by atoms with Gasteiger partial charge in [-0.15, -0.1) is 0 Å². The zero-order valence-corrected chi connectivity index (χ0v) is 4.27. The van der Waals surface area contributed by atoms with Crippen molar-refractivity contribution >= 4 is 5.78 Å². The molecule has 1 aliphatic heterocycles. The molecule has 7 heavy (non-hydrogen) atoms. The zero-order valence-electron chi connectivity index (χ0n) is 4.27. The molecule has 0 spiro atoms. The number of nitrogens with zero attached hydrogens (tertiary/aromatic N) is 1. The number of likely N-dealkylation sites (N-methyl/N-ethyl adjacent to an activating group) is 1. The topological polar surface area (TPSA) is 32.3 Å². The first kappa shape index (κ1) is 4.74. The molecule has 1 fully saturated rings. The van der Waals surface area contributed by atoms with Crippen LogP contribution in [-0.2, 0) is 4.79 Å². The van der Waals surface area contributed by atoms with Gasteiger partial charge < -0.3 is 0 Å². The number of nitrogens with one attached hydrogen (secondary N) is 1. The summed E-state index contributed by atoms with van der Waals surface area (Å²) in [5.74, 6) is 0.266. The third-order valence-electron chi connectivity index (χ3n) is 0.960. The molecule has 1 N–H and O–H groups in total. The highest BCUT2D eigenvalue weighted by molar-refractivity contribution is 5.83. The predicted octanol–water partition coefficient (Wildman–Crippen LogP) is -0.995. The third kappa shape index (κ3) is 0.976. The highest BCUT2D eigenvalue weighted by Gasteiger charge is 2.12. The number of ketones is 1. The quantitative estimate of drug-likeness (QED) is 0.424. The molecule has 0 aliphatic carbocycles. The number of carbonyl (C=O) groups is 1. The molecule has 1 aliphatic rings. The second kappa shape index (κ2) is 1.60. The zero-order chi connectivity index (χ0) is 5.28. The van der Waals surface area contributed by atoms with Gasteiger partial charge in [-0.25, -0.2) is 10.4 Å². The van der Waals surface area contributed by atoms with Crippen LogP contribution in [0.4, 0.5) is 0 Å². The molecule has 0 aromatic rings. The number of rotatable bonds is 0. The monoisotopic (exact) mass is 100 g/mol. The number of carbonyl (C=O) groups excluding carboxylic acids is 1. The molecule has 0 aromatic heterocycles. The van der Waals surface area contributed by atoms with Crippen LogP contribution in [0.3, 0.4) is 0 Å². The predicted molar refractivity (Wildman–Crippen MR) is 25.6 cm³/mol. The van der Waals surface area contributed by atoms with Crippen molar-refractivity contribution in [1.82, 2.24) is 10.4 Å². The summed E-state index contributed by atoms with van der Waals surface area (Å²) in [5.41, 5.74) is 2.85. The molecule has 3 heteroatoms. The average Bonchev–Trinajstić information content (AvgIpc) is 1.87. The van der Waals surface area contributed by atoms with Crippen molar-refractivity contribution in [3.05, 3.63) is 0 Å². The van der Waals surface area contributed by atoms with Gasteiger partial charge in [0.25, 0.3) is 0 Å². The van der Waals surface area contributed by atoms with Gasteiger partial charge in [-0.2, -0.15) is 0 Å². The van der Waals surface area contributed by atoms with E-state index in [2.05, 4.69) is 5.43 Å². The maximum atomic E-state index is 10.3. The van der Waals surface area contributed by atoms with Gasteiger partial charge in [0.2, 0.25) is 0 Å². The molecule has 0 saturated carbocycles. The van der Waals surface area contributed by atoms with Crippen LogP contribution in [0.5, 0.6) is 0 Å². The minimum absolute atomic E-state index is 0.266. The molecule has 0 amide bonds. The van der Waals surface area contributed by atoms with Gasteiger partial charge in [-0.1, -0.05) is 0 Å². The molecule has 0 aromatic carbocycles. The van der Waals surface area contributed by atoms with Crippen LogP contribution in [0.2, 0.25) is 0 Å². The summed E-state index contributed by atoms with van der Waals surface area (Å²) in [5, 5.41) is 1.78. The smallest absolute Gasteiger partial charge is 0.163 e. The van der Waals surface area contributed by atoms with Gasteiger partial charge in [-0.05, 0) is 0 Å². The van der Waals surface area contributed by atoms with Crippen molar-refractivity contribution < 1.29 is 4.79 Å². The summed E-state index contributed by atoms with van der Waals surface area (Å²) in [6.07, 6.45) is 0. The van der Waals surface area contributed by atoms with Crippen molar-refractivity contribution in [2.45, 2.75) is 0 Å². The second-order valence-electron chi connectivity index (χ2n) is 1.73. The van der Waals surface area contributed by atoms with Crippen LogP contribution in [0.15, 0.2) is 0 Å². The highest BCUT2D eigenvalue weighted by Crippen LogP contribution is 1.84. The molecule has 0 atom stereocenters. The Kier molecular flexibility index (Phi) is 1.08. The Morgan fingerprint density at radius 2 is 2.57 bits per heavy atom. The molecule has 1 saturated heterocycles. The molecule has 40 valence electrons. The lowest BCUT2D eigenvalue weighted by atomic mass is 10.4. The Bertz CT molecular complexity index is 91.7. The van der Waals surface area contributed by atoms with Gasteiger partial charge >= 0.3 is 0 Å². The van der Waals surface area contributed by atoms with Gasteiger partial charge in [0.15, 0.2) is 5.78 Å². The fourth-order valence-electron chi connectivity index (χ4n) is 0.599. The van der Waals surface area contributed by atoms with Crippen LogP contribution in [0, 0.1) is 0 Å². The first-order chi connectivity index (χ1) is 3.29. The van der Waals surface area contributed by atoms with E-state index in [0.717, 1.165) is 0 Å². The van der Waals surface area contributed by atoms with Crippen molar-refractivity contribution in [2.75, 3.05) is 20.1 Å². The van der Waals surface area contributed by atoms with Crippen molar-refractivity contribution in [3.8, 4) is 0 Å². The summed E-state index contributed by atoms with van der Waals surface area (Å²) in [7, 11) is 1.85. The maximum absolute atomic E-state index is 10.3. The summed E-state index contributed by atoms with van der Waals surface area (Å²) < 4.78 is 0. The van der Waals surface area contributed by atoms with E-state index >= 15 is 0 Å². The number of Topliss-reactive ketones (excluding diaryl/α,β-unsaturated/α-hetero) is 1. The molecule has 0 bridgehead atoms. The number of hydrogen-bond acceptors (Lipinski definition) is 3. The fraction of sp³-hybridized carbons (Fsp3) is 0.750. The van der Waals surface area contributed by atoms with E-state index in [0.29, 0.717) is 13.1 Å². The molecular weight excluding hydrogens is 92.1 g/mol. The normalized spacial score (nSPS) is 23.9. The fourth-order valence-corrected chi connectivity index (χ4v) is 0.599. The summed E-state index contributed by atoms with van der Waals surface area (Å²) in [4.78, 5) is 10.3. The van der Waals surface area contributed by atoms with E-state index in [4.69, 9.17) is 0 Å². The lowest BCUT2D eigenvalue weighted by Gasteiger charge is -2.01. The van der Waals surface area contributed by atoms with Crippen LogP contribution >= 0.6 is 0 Å². The summed E-state index contributed by atoms with van der Waals surface area (Å²) in [6, 6.07) is 0. The van der Waals surface area contributed by atoms with Crippen LogP contribution in [-0.4, -0.2) is 30.9 Å². The van der Waals surface area contributed by atoms with E-state index in [1.54, 1.807) is 5.01 Å². The second-order valence-corrected chi connectivity index (χ2v) is 1.73. The maximum Gasteiger partial charge on any atom is 0.163 e. The largest absolute Gasteiger partial charge is 0.297 e. The Morgan fingerprint density at radius 3 is 2.71 bits per heavy atom. The Morgan fingerprint density at radius 1 is 1.86 bits per heavy atom. The number of hydrazine groups is 1. The van der Waals surface area contributed by atoms with Crippen molar-refractivity contribution in [2.24, 2.45) is 0 Å². The van der Waals surface area contributed by atoms with Gasteiger partial charge in [0.05, 0.1) is 13.1 Å². The SMILES string of the molecule is CN1CC(=O)CN1. The highest BCUT2D eigenvalue weighted by atomic mass is 16.1. The first-order valence-electron chi connectivity index (χ1n) is 2.25. The van der Waals surface area contributed by atoms with Crippen LogP contribution in [0.1, 0.15) is 0 Å². The Hall–Kier alpha value is -0.410. The average molecular weight is 100 g/mol. The van der Waals surface area contributed by atoms with Crippen LogP contribution < -0.4 is 5.43 Å². The minimum Gasteiger partial charge on any atom is -0.297 e. The van der Waals surface area contributed by atoms with E-state index in [-0.39, 0.29) is 5.78 Å². The third-order valence-corrected chi connectivity index (χ3v) is 0.960. The molecule has 0 radical (unpaired) electrons.